The van der Waals surface area contributed by atoms with Gasteiger partial charge in [-0.3, -0.25) is 0 Å². The van der Waals surface area contributed by atoms with E-state index >= 15 is 0 Å². The van der Waals surface area contributed by atoms with Gasteiger partial charge in [0.15, 0.2) is 0 Å². The number of rotatable bonds is 3. The molecule has 1 atom stereocenters. The third-order valence-corrected chi connectivity index (χ3v) is 2.28. The number of hydrogen-bond donors (Lipinski definition) is 1. The lowest BCUT2D eigenvalue weighted by atomic mass is 10.2. The Morgan fingerprint density at radius 1 is 1.54 bits per heavy atom. The van der Waals surface area contributed by atoms with Crippen molar-refractivity contribution in [3.05, 3.63) is 23.0 Å². The van der Waals surface area contributed by atoms with Crippen molar-refractivity contribution in [3.63, 3.8) is 0 Å². The Hall–Kier alpha value is -0.760. The molecular formula is C10H15ClN2. The number of nitrogens with one attached hydrogen (secondary N) is 1. The van der Waals surface area contributed by atoms with Gasteiger partial charge in [-0.1, -0.05) is 18.5 Å². The predicted molar refractivity (Wildman–Crippen MR) is 57.4 cm³/mol. The molecular weight excluding hydrogens is 184 g/mol. The molecule has 1 unspecified atom stereocenters. The van der Waals surface area contributed by atoms with E-state index < -0.39 is 0 Å². The normalized spacial score (nSPS) is 12.6. The van der Waals surface area contributed by atoms with Gasteiger partial charge in [-0.2, -0.15) is 0 Å². The maximum atomic E-state index is 5.75. The molecule has 0 aromatic carbocycles. The van der Waals surface area contributed by atoms with Crippen molar-refractivity contribution < 1.29 is 0 Å². The average molecular weight is 199 g/mol. The van der Waals surface area contributed by atoms with Crippen molar-refractivity contribution in [2.75, 3.05) is 5.32 Å². The molecule has 0 radical (unpaired) electrons. The monoisotopic (exact) mass is 198 g/mol. The third-order valence-electron chi connectivity index (χ3n) is 2.07. The van der Waals surface area contributed by atoms with Gasteiger partial charge in [-0.25, -0.2) is 4.98 Å². The van der Waals surface area contributed by atoms with Crippen LogP contribution >= 0.6 is 11.6 Å². The molecule has 2 nitrogen and oxygen atoms in total. The summed E-state index contributed by atoms with van der Waals surface area (Å²) >= 11 is 5.75. The van der Waals surface area contributed by atoms with Crippen molar-refractivity contribution in [1.82, 2.24) is 4.98 Å². The van der Waals surface area contributed by atoms with Crippen molar-refractivity contribution >= 4 is 17.3 Å². The largest absolute Gasteiger partial charge is 0.381 e. The topological polar surface area (TPSA) is 24.9 Å². The molecule has 0 amide bonds. The third kappa shape index (κ3) is 2.88. The standard InChI is InChI=1S/C10H15ClN2/c1-4-7(2)12-9-5-6-10(11)13-8(9)3/h5-7,12H,4H2,1-3H3. The van der Waals surface area contributed by atoms with E-state index in [4.69, 9.17) is 11.6 Å². The van der Waals surface area contributed by atoms with Crippen LogP contribution in [-0.4, -0.2) is 11.0 Å². The first-order chi connectivity index (χ1) is 6.13. The fourth-order valence-corrected chi connectivity index (χ4v) is 1.24. The van der Waals surface area contributed by atoms with Gasteiger partial charge >= 0.3 is 0 Å². The van der Waals surface area contributed by atoms with E-state index in [1.807, 2.05) is 13.0 Å². The summed E-state index contributed by atoms with van der Waals surface area (Å²) in [5, 5.41) is 3.91. The second kappa shape index (κ2) is 4.47. The number of aromatic nitrogens is 1. The molecule has 0 bridgehead atoms. The average Bonchev–Trinajstić information content (AvgIpc) is 2.09. The second-order valence-electron chi connectivity index (χ2n) is 3.22. The highest BCUT2D eigenvalue weighted by Gasteiger charge is 2.02. The van der Waals surface area contributed by atoms with Crippen LogP contribution in [0.3, 0.4) is 0 Å². The molecule has 0 aliphatic carbocycles. The van der Waals surface area contributed by atoms with E-state index in [1.54, 1.807) is 6.07 Å². The molecule has 0 aliphatic rings. The maximum absolute atomic E-state index is 5.75. The summed E-state index contributed by atoms with van der Waals surface area (Å²) in [5.74, 6) is 0. The van der Waals surface area contributed by atoms with E-state index in [9.17, 15) is 0 Å². The summed E-state index contributed by atoms with van der Waals surface area (Å²) in [4.78, 5) is 4.16. The van der Waals surface area contributed by atoms with Crippen LogP contribution in [0.5, 0.6) is 0 Å². The van der Waals surface area contributed by atoms with Gasteiger partial charge in [0.25, 0.3) is 0 Å². The van der Waals surface area contributed by atoms with Crippen LogP contribution in [0, 0.1) is 6.92 Å². The van der Waals surface area contributed by atoms with E-state index in [1.165, 1.54) is 0 Å². The van der Waals surface area contributed by atoms with Crippen LogP contribution < -0.4 is 5.32 Å². The van der Waals surface area contributed by atoms with Crippen LogP contribution in [0.25, 0.3) is 0 Å². The molecule has 0 fully saturated rings. The lowest BCUT2D eigenvalue weighted by Crippen LogP contribution is -2.14. The van der Waals surface area contributed by atoms with Gasteiger partial charge in [-0.05, 0) is 32.4 Å². The fourth-order valence-electron chi connectivity index (χ4n) is 1.05. The Labute approximate surface area is 84.3 Å². The first kappa shape index (κ1) is 10.3. The molecule has 1 heterocycles. The maximum Gasteiger partial charge on any atom is 0.129 e. The molecule has 0 aliphatic heterocycles. The highest BCUT2D eigenvalue weighted by atomic mass is 35.5. The zero-order valence-electron chi connectivity index (χ0n) is 8.26. The molecule has 1 N–H and O–H groups in total. The Bertz CT molecular complexity index is 286. The van der Waals surface area contributed by atoms with Gasteiger partial charge < -0.3 is 5.32 Å². The smallest absolute Gasteiger partial charge is 0.129 e. The Kier molecular flexibility index (Phi) is 3.55. The molecule has 0 saturated heterocycles. The highest BCUT2D eigenvalue weighted by Crippen LogP contribution is 2.16. The summed E-state index contributed by atoms with van der Waals surface area (Å²) in [6.45, 7) is 6.25. The summed E-state index contributed by atoms with van der Waals surface area (Å²) in [6, 6.07) is 4.25. The predicted octanol–water partition coefficient (Wildman–Crippen LogP) is 3.25. The van der Waals surface area contributed by atoms with Gasteiger partial charge in [0.1, 0.15) is 5.15 Å². The van der Waals surface area contributed by atoms with E-state index in [0.717, 1.165) is 17.8 Å². The van der Waals surface area contributed by atoms with E-state index in [0.29, 0.717) is 11.2 Å². The van der Waals surface area contributed by atoms with Gasteiger partial charge in [0.05, 0.1) is 11.4 Å². The highest BCUT2D eigenvalue weighted by molar-refractivity contribution is 6.29. The number of anilines is 1. The van der Waals surface area contributed by atoms with Crippen LogP contribution in [0.2, 0.25) is 5.15 Å². The Morgan fingerprint density at radius 3 is 2.77 bits per heavy atom. The van der Waals surface area contributed by atoms with E-state index in [2.05, 4.69) is 24.1 Å². The van der Waals surface area contributed by atoms with Gasteiger partial charge in [-0.15, -0.1) is 0 Å². The minimum Gasteiger partial charge on any atom is -0.381 e. The zero-order chi connectivity index (χ0) is 9.84. The number of hydrogen-bond acceptors (Lipinski definition) is 2. The number of halogens is 1. The minimum atomic E-state index is 0.474. The minimum absolute atomic E-state index is 0.474. The van der Waals surface area contributed by atoms with Crippen molar-refractivity contribution in [2.45, 2.75) is 33.2 Å². The Morgan fingerprint density at radius 2 is 2.23 bits per heavy atom. The molecule has 3 heteroatoms. The van der Waals surface area contributed by atoms with E-state index in [-0.39, 0.29) is 0 Å². The quantitative estimate of drug-likeness (QED) is 0.755. The first-order valence-electron chi connectivity index (χ1n) is 4.53. The van der Waals surface area contributed by atoms with Gasteiger partial charge in [0.2, 0.25) is 0 Å². The van der Waals surface area contributed by atoms with Crippen LogP contribution in [0.4, 0.5) is 5.69 Å². The molecule has 1 aromatic heterocycles. The van der Waals surface area contributed by atoms with Crippen LogP contribution in [-0.2, 0) is 0 Å². The molecule has 1 rings (SSSR count). The summed E-state index contributed by atoms with van der Waals surface area (Å²) < 4.78 is 0. The number of aryl methyl sites for hydroxylation is 1. The van der Waals surface area contributed by atoms with Gasteiger partial charge in [0, 0.05) is 6.04 Å². The van der Waals surface area contributed by atoms with Crippen LogP contribution in [0.15, 0.2) is 12.1 Å². The molecule has 1 aromatic rings. The molecule has 0 spiro atoms. The Balaban J connectivity index is 2.77. The molecule has 72 valence electrons. The summed E-state index contributed by atoms with van der Waals surface area (Å²) in [5.41, 5.74) is 2.02. The zero-order valence-corrected chi connectivity index (χ0v) is 9.02. The summed E-state index contributed by atoms with van der Waals surface area (Å²) in [6.07, 6.45) is 1.10. The molecule has 13 heavy (non-hydrogen) atoms. The number of pyridine rings is 1. The van der Waals surface area contributed by atoms with Crippen molar-refractivity contribution in [3.8, 4) is 0 Å². The number of nitrogens with zero attached hydrogens (tertiary/aromatic N) is 1. The fraction of sp³-hybridized carbons (Fsp3) is 0.500. The lowest BCUT2D eigenvalue weighted by molar-refractivity contribution is 0.762. The van der Waals surface area contributed by atoms with Crippen molar-refractivity contribution in [2.24, 2.45) is 0 Å². The lowest BCUT2D eigenvalue weighted by Gasteiger charge is -2.14. The first-order valence-corrected chi connectivity index (χ1v) is 4.91. The van der Waals surface area contributed by atoms with Crippen molar-refractivity contribution in [1.29, 1.82) is 0 Å². The second-order valence-corrected chi connectivity index (χ2v) is 3.61. The SMILES string of the molecule is CCC(C)Nc1ccc(Cl)nc1C. The molecule has 0 saturated carbocycles. The van der Waals surface area contributed by atoms with Crippen LogP contribution in [0.1, 0.15) is 26.0 Å². The summed E-state index contributed by atoms with van der Waals surface area (Å²) in [7, 11) is 0.